The standard InChI is InChI=1S/C73H126N2.2C2H6N.Pd/c1-8-15-22-29-30-31-32-33-34-35-36-37-38-39-40-41-42-43-48-55-67-62-72(68-58-63(51-44-23-16-9-2)70(56-49-27-20-13-6)64(59-68)52-45-24-17-10-3)75(74)73(67)69-60-65(53-46-25-18-11-4)71(57-50-28-21-14-7)66(61-69)54-47-26-19-12-5;2*1-3-2;/h58-62H,8-57H2,1-7H3;2*1-2H3;/q;2*-1;+2. The van der Waals surface area contributed by atoms with Crippen molar-refractivity contribution in [2.75, 3.05) is 28.2 Å². The first kappa shape index (κ1) is 76.2. The number of benzene rings is 2. The Balaban J connectivity index is 0.00000307. The molecule has 0 bridgehead atoms. The van der Waals surface area contributed by atoms with Crippen molar-refractivity contribution in [2.24, 2.45) is 0 Å². The minimum atomic E-state index is 0.639. The Morgan fingerprint density at radius 2 is 0.537 bits per heavy atom. The van der Waals surface area contributed by atoms with E-state index in [-0.39, 0.29) is 0 Å². The monoisotopic (exact) mass is 1220 g/mol. The van der Waals surface area contributed by atoms with Crippen LogP contribution in [0.5, 0.6) is 0 Å². The van der Waals surface area contributed by atoms with Gasteiger partial charge in [0.25, 0.3) is 0 Å². The molecule has 0 aromatic heterocycles. The van der Waals surface area contributed by atoms with Gasteiger partial charge in [-0.15, -0.1) is 0 Å². The van der Waals surface area contributed by atoms with Gasteiger partial charge in [-0.2, -0.15) is 0 Å². The molecule has 476 valence electrons. The summed E-state index contributed by atoms with van der Waals surface area (Å²) in [6, 6.07) is 10.3. The maximum atomic E-state index is 13.0. The summed E-state index contributed by atoms with van der Waals surface area (Å²) in [6.45, 7) is 16.4. The van der Waals surface area contributed by atoms with Crippen molar-refractivity contribution in [3.05, 3.63) is 86.0 Å². The van der Waals surface area contributed by atoms with Crippen LogP contribution in [0.1, 0.15) is 375 Å². The van der Waals surface area contributed by atoms with Gasteiger partial charge in [0.2, 0.25) is 11.4 Å². The number of nitrogens with zero attached hydrogens (tertiary/aromatic N) is 4. The first-order valence-electron chi connectivity index (χ1n) is 36.3. The summed E-state index contributed by atoms with van der Waals surface area (Å²) in [4.78, 5) is 0. The van der Waals surface area contributed by atoms with Crippen LogP contribution in [-0.2, 0) is 57.0 Å². The van der Waals surface area contributed by atoms with Crippen molar-refractivity contribution in [1.82, 2.24) is 7.07 Å². The zero-order valence-corrected chi connectivity index (χ0v) is 58.4. The molecule has 1 heterocycles. The van der Waals surface area contributed by atoms with Crippen molar-refractivity contribution in [1.29, 1.82) is 0 Å². The van der Waals surface area contributed by atoms with Crippen LogP contribution in [0.4, 0.5) is 0 Å². The summed E-state index contributed by atoms with van der Waals surface area (Å²) in [7, 11) is 8.31. The van der Waals surface area contributed by atoms with Crippen molar-refractivity contribution >= 4 is 11.4 Å². The zero-order chi connectivity index (χ0) is 59.7. The average Bonchev–Trinajstić information content (AvgIpc) is 3.72. The molecule has 4 nitrogen and oxygen atoms in total. The van der Waals surface area contributed by atoms with Crippen LogP contribution in [0.25, 0.3) is 16.9 Å². The topological polar surface area (TPSA) is 31.8 Å². The second-order valence-electron chi connectivity index (χ2n) is 25.8. The molecule has 0 amide bonds. The van der Waals surface area contributed by atoms with Gasteiger partial charge >= 0.3 is 53.7 Å². The molecule has 1 aliphatic rings. The van der Waals surface area contributed by atoms with Crippen LogP contribution in [-0.4, -0.2) is 40.0 Å². The molecule has 0 atom stereocenters. The second-order valence-corrected chi connectivity index (χ2v) is 28.9. The second kappa shape index (κ2) is 52.2. The molecule has 0 N–H and O–H groups in total. The van der Waals surface area contributed by atoms with Gasteiger partial charge in [-0.25, -0.2) is 4.70 Å². The van der Waals surface area contributed by atoms with E-state index in [0.717, 1.165) is 43.5 Å². The fourth-order valence-electron chi connectivity index (χ4n) is 12.7. The predicted molar refractivity (Wildman–Crippen MR) is 364 cm³/mol. The number of hydrogen-bond acceptors (Lipinski definition) is 2. The number of rotatable bonds is 54. The Morgan fingerprint density at radius 3 is 0.805 bits per heavy atom. The van der Waals surface area contributed by atoms with Gasteiger partial charge in [0, 0.05) is 22.8 Å². The summed E-state index contributed by atoms with van der Waals surface area (Å²) in [5, 5.41) is 0. The van der Waals surface area contributed by atoms with E-state index in [0.29, 0.717) is 18.5 Å². The van der Waals surface area contributed by atoms with Crippen LogP contribution in [0.15, 0.2) is 35.9 Å². The van der Waals surface area contributed by atoms with Crippen LogP contribution >= 0.6 is 0 Å². The summed E-state index contributed by atoms with van der Waals surface area (Å²) < 4.78 is 6.06. The van der Waals surface area contributed by atoms with Crippen molar-refractivity contribution in [3.8, 4) is 0 Å². The van der Waals surface area contributed by atoms with Crippen LogP contribution in [0, 0.1) is 0 Å². The number of aryl methyl sites for hydroxylation is 4. The Hall–Kier alpha value is -1.90. The quantitative estimate of drug-likeness (QED) is 0.0376. The van der Waals surface area contributed by atoms with E-state index >= 15 is 0 Å². The van der Waals surface area contributed by atoms with E-state index in [1.54, 1.807) is 38.1 Å². The number of unbranched alkanes of at least 4 members (excludes halogenated alkanes) is 36. The fourth-order valence-corrected chi connectivity index (χ4v) is 14.0. The molecule has 3 rings (SSSR count). The van der Waals surface area contributed by atoms with Crippen LogP contribution < -0.4 is 0 Å². The third-order valence-corrected chi connectivity index (χ3v) is 18.8. The first-order chi connectivity index (χ1) is 40.1. The van der Waals surface area contributed by atoms with E-state index in [4.69, 9.17) is 0 Å². The molecular weight excluding hydrogens is 1090 g/mol. The van der Waals surface area contributed by atoms with E-state index in [1.165, 1.54) is 306 Å². The molecule has 82 heavy (non-hydrogen) atoms. The molecule has 0 fully saturated rings. The Morgan fingerprint density at radius 1 is 0.305 bits per heavy atom. The van der Waals surface area contributed by atoms with Gasteiger partial charge in [-0.1, -0.05) is 280 Å². The van der Waals surface area contributed by atoms with Gasteiger partial charge in [0.05, 0.1) is 0 Å². The molecule has 0 saturated heterocycles. The summed E-state index contributed by atoms with van der Waals surface area (Å²) >= 11 is 0.639. The molecule has 0 radical (unpaired) electrons. The van der Waals surface area contributed by atoms with Crippen molar-refractivity contribution in [3.63, 3.8) is 0 Å². The normalized spacial score (nSPS) is 12.7. The third-order valence-electron chi connectivity index (χ3n) is 17.6. The Bertz CT molecular complexity index is 1850. The molecule has 0 spiro atoms. The number of hydrogen-bond donors (Lipinski definition) is 0. The van der Waals surface area contributed by atoms with E-state index < -0.39 is 0 Å². The maximum absolute atomic E-state index is 13.0. The van der Waals surface area contributed by atoms with Gasteiger partial charge < -0.3 is 5.53 Å². The van der Waals surface area contributed by atoms with E-state index in [9.17, 15) is 5.53 Å². The van der Waals surface area contributed by atoms with Gasteiger partial charge in [0.1, 0.15) is 0 Å². The van der Waals surface area contributed by atoms with Gasteiger partial charge in [-0.3, -0.25) is 0 Å². The molecule has 2 aromatic carbocycles. The molecular formula is C77H138N4Pd. The minimum absolute atomic E-state index is 0.639. The van der Waals surface area contributed by atoms with Gasteiger partial charge in [-0.05, 0) is 148 Å². The zero-order valence-electron chi connectivity index (χ0n) is 56.8. The van der Waals surface area contributed by atoms with Crippen LogP contribution in [0.2, 0.25) is 0 Å². The summed E-state index contributed by atoms with van der Waals surface area (Å²) in [6.07, 6.45) is 68.4. The molecule has 2 aromatic rings. The SMILES string of the molecule is CCCCCCCCCCCCCCCCCCCCCC1=C(c2cc(CCCCCC)c(CCCCCC)c(CCCCCC)c2)[N+](=[N-])C(c2cc(CCCCCC)c(CCCCCC)c(CCCCCC)c2)=C1.C[N](C)[Pd][N](C)C. The molecule has 1 aliphatic heterocycles. The van der Waals surface area contributed by atoms with Gasteiger partial charge in [0.15, 0.2) is 0 Å². The van der Waals surface area contributed by atoms with E-state index in [2.05, 4.69) is 114 Å². The predicted octanol–water partition coefficient (Wildman–Crippen LogP) is 25.1. The fraction of sp³-hybridized carbons (Fsp3) is 0.792. The molecule has 5 heteroatoms. The van der Waals surface area contributed by atoms with Crippen molar-refractivity contribution in [2.45, 2.75) is 370 Å². The van der Waals surface area contributed by atoms with Crippen LogP contribution in [0.3, 0.4) is 0 Å². The third kappa shape index (κ3) is 35.0. The first-order valence-corrected chi connectivity index (χ1v) is 37.7. The number of allylic oxidation sites excluding steroid dienone is 2. The summed E-state index contributed by atoms with van der Waals surface area (Å²) in [5.74, 6) is 0. The average molecular weight is 1230 g/mol. The molecule has 0 aliphatic carbocycles. The Kier molecular flexibility index (Phi) is 48.6. The Labute approximate surface area is 522 Å². The summed E-state index contributed by atoms with van der Waals surface area (Å²) in [5.41, 5.74) is 28.6. The van der Waals surface area contributed by atoms with E-state index in [1.807, 2.05) is 0 Å². The molecule has 0 saturated carbocycles. The molecule has 0 unspecified atom stereocenters. The van der Waals surface area contributed by atoms with Crippen molar-refractivity contribution < 1.29 is 23.2 Å².